The van der Waals surface area contributed by atoms with Crippen LogP contribution in [-0.2, 0) is 19.6 Å². The highest BCUT2D eigenvalue weighted by Gasteiger charge is 2.41. The lowest BCUT2D eigenvalue weighted by Crippen LogP contribution is -2.44. The molecule has 3 aromatic carbocycles. The third kappa shape index (κ3) is 5.74. The molecule has 38 heavy (non-hydrogen) atoms. The average Bonchev–Trinajstić information content (AvgIpc) is 3.32. The fourth-order valence-electron chi connectivity index (χ4n) is 4.86. The van der Waals surface area contributed by atoms with Crippen LogP contribution in [0.2, 0.25) is 0 Å². The number of nitrogens with zero attached hydrogens (tertiary/aromatic N) is 1. The summed E-state index contributed by atoms with van der Waals surface area (Å²) in [6, 6.07) is 26.7. The Kier molecular flexibility index (Phi) is 8.94. The standard InChI is InChI=1S/C30H36NO5PS/c1-22-23(2)38-37(36-22)31-18-19-34-29(20-31)21-35-30(24-8-6-5-7-9-24,25-10-14-27(32-3)15-11-25)26-12-16-28(33-4)17-13-26/h5-17,22-23,29H,18-21H2,1-4H3/t22?,23?,29-,37?/m1/s1. The van der Waals surface area contributed by atoms with E-state index in [1.807, 2.05) is 41.7 Å². The summed E-state index contributed by atoms with van der Waals surface area (Å²) in [6.45, 7) is 7.19. The van der Waals surface area contributed by atoms with E-state index in [4.69, 9.17) is 23.5 Å². The summed E-state index contributed by atoms with van der Waals surface area (Å²) in [5.41, 5.74) is 2.23. The third-order valence-electron chi connectivity index (χ3n) is 7.18. The van der Waals surface area contributed by atoms with Crippen LogP contribution < -0.4 is 9.47 Å². The third-order valence-corrected chi connectivity index (χ3v) is 11.9. The summed E-state index contributed by atoms with van der Waals surface area (Å²) in [6.07, 6.45) is 0.209. The predicted octanol–water partition coefficient (Wildman–Crippen LogP) is 6.48. The molecule has 0 radical (unpaired) electrons. The second kappa shape index (κ2) is 12.4. The molecule has 0 aromatic heterocycles. The van der Waals surface area contributed by atoms with Crippen LogP contribution in [0.3, 0.4) is 0 Å². The van der Waals surface area contributed by atoms with E-state index in [2.05, 4.69) is 67.0 Å². The molecular weight excluding hydrogens is 517 g/mol. The topological polar surface area (TPSA) is 49.4 Å². The van der Waals surface area contributed by atoms with Gasteiger partial charge in [0.1, 0.15) is 17.1 Å². The Labute approximate surface area is 231 Å². The molecular formula is C30H36NO5PS. The fraction of sp³-hybridized carbons (Fsp3) is 0.400. The highest BCUT2D eigenvalue weighted by Crippen LogP contribution is 2.63. The molecule has 2 fully saturated rings. The summed E-state index contributed by atoms with van der Waals surface area (Å²) in [5.74, 6) is 1.60. The monoisotopic (exact) mass is 553 g/mol. The molecule has 4 atom stereocenters. The molecule has 0 bridgehead atoms. The maximum absolute atomic E-state index is 7.05. The Morgan fingerprint density at radius 2 is 1.45 bits per heavy atom. The first-order valence-electron chi connectivity index (χ1n) is 13.0. The van der Waals surface area contributed by atoms with E-state index in [0.29, 0.717) is 18.5 Å². The molecule has 2 saturated heterocycles. The van der Waals surface area contributed by atoms with E-state index in [1.165, 1.54) is 0 Å². The van der Waals surface area contributed by atoms with E-state index in [-0.39, 0.29) is 12.2 Å². The lowest BCUT2D eigenvalue weighted by molar-refractivity contribution is -0.0864. The first kappa shape index (κ1) is 27.4. The predicted molar refractivity (Wildman–Crippen MR) is 154 cm³/mol. The summed E-state index contributed by atoms with van der Waals surface area (Å²) in [7, 11) is 2.70. The quantitative estimate of drug-likeness (QED) is 0.222. The molecule has 2 aliphatic heterocycles. The van der Waals surface area contributed by atoms with Gasteiger partial charge in [0.05, 0.1) is 39.6 Å². The van der Waals surface area contributed by atoms with Crippen molar-refractivity contribution in [1.82, 2.24) is 4.67 Å². The van der Waals surface area contributed by atoms with Gasteiger partial charge in [-0.15, -0.1) is 0 Å². The second-order valence-electron chi connectivity index (χ2n) is 9.58. The van der Waals surface area contributed by atoms with Gasteiger partial charge >= 0.3 is 0 Å². The van der Waals surface area contributed by atoms with Crippen LogP contribution in [0, 0.1) is 0 Å². The van der Waals surface area contributed by atoms with Crippen LogP contribution in [-0.4, -0.2) is 62.7 Å². The number of hydrogen-bond donors (Lipinski definition) is 0. The maximum atomic E-state index is 7.05. The second-order valence-corrected chi connectivity index (χ2v) is 13.4. The van der Waals surface area contributed by atoms with Crippen LogP contribution in [0.5, 0.6) is 11.5 Å². The molecule has 0 aliphatic carbocycles. The first-order chi connectivity index (χ1) is 18.5. The van der Waals surface area contributed by atoms with Crippen molar-refractivity contribution >= 4 is 18.9 Å². The number of ether oxygens (including phenoxy) is 4. The van der Waals surface area contributed by atoms with Crippen LogP contribution in [0.4, 0.5) is 0 Å². The Morgan fingerprint density at radius 1 is 0.868 bits per heavy atom. The van der Waals surface area contributed by atoms with E-state index in [1.54, 1.807) is 14.2 Å². The molecule has 2 aliphatic rings. The molecule has 3 aromatic rings. The van der Waals surface area contributed by atoms with Crippen molar-refractivity contribution < 1.29 is 23.5 Å². The molecule has 0 spiro atoms. The van der Waals surface area contributed by atoms with Crippen molar-refractivity contribution in [2.75, 3.05) is 40.5 Å². The molecule has 6 nitrogen and oxygen atoms in total. The zero-order valence-corrected chi connectivity index (χ0v) is 24.1. The van der Waals surface area contributed by atoms with Crippen LogP contribution in [0.1, 0.15) is 30.5 Å². The summed E-state index contributed by atoms with van der Waals surface area (Å²) in [5, 5.41) is 0.509. The number of rotatable bonds is 9. The van der Waals surface area contributed by atoms with Gasteiger partial charge in [0, 0.05) is 18.3 Å². The minimum atomic E-state index is -0.849. The lowest BCUT2D eigenvalue weighted by atomic mass is 9.80. The Balaban J connectivity index is 1.48. The van der Waals surface area contributed by atoms with E-state index >= 15 is 0 Å². The molecule has 0 amide bonds. The number of benzene rings is 3. The van der Waals surface area contributed by atoms with Crippen LogP contribution in [0.15, 0.2) is 78.9 Å². The van der Waals surface area contributed by atoms with Crippen LogP contribution >= 0.6 is 18.9 Å². The Bertz CT molecular complexity index is 1110. The molecule has 5 rings (SSSR count). The van der Waals surface area contributed by atoms with Crippen molar-refractivity contribution in [2.45, 2.75) is 36.9 Å². The number of morpholine rings is 1. The van der Waals surface area contributed by atoms with Crippen molar-refractivity contribution in [3.8, 4) is 11.5 Å². The van der Waals surface area contributed by atoms with Crippen LogP contribution in [0.25, 0.3) is 0 Å². The molecule has 202 valence electrons. The van der Waals surface area contributed by atoms with Gasteiger partial charge in [-0.1, -0.05) is 72.9 Å². The van der Waals surface area contributed by atoms with Gasteiger partial charge in [0.15, 0.2) is 7.50 Å². The van der Waals surface area contributed by atoms with E-state index in [9.17, 15) is 0 Å². The Hall–Kier alpha value is -2.12. The molecule has 8 heteroatoms. The number of hydrogen-bond acceptors (Lipinski definition) is 7. The minimum Gasteiger partial charge on any atom is -0.497 e. The Morgan fingerprint density at radius 3 is 1.97 bits per heavy atom. The maximum Gasteiger partial charge on any atom is 0.170 e. The normalized spacial score (nSPS) is 24.3. The van der Waals surface area contributed by atoms with Crippen molar-refractivity contribution in [3.63, 3.8) is 0 Å². The van der Waals surface area contributed by atoms with Gasteiger partial charge in [-0.05, 0) is 47.9 Å². The molecule has 0 N–H and O–H groups in total. The van der Waals surface area contributed by atoms with Crippen molar-refractivity contribution in [2.24, 2.45) is 0 Å². The van der Waals surface area contributed by atoms with Gasteiger partial charge in [0.2, 0.25) is 0 Å². The summed E-state index contributed by atoms with van der Waals surface area (Å²) >= 11 is 1.95. The highest BCUT2D eigenvalue weighted by atomic mass is 32.7. The zero-order chi connectivity index (χ0) is 26.5. The number of methoxy groups -OCH3 is 2. The van der Waals surface area contributed by atoms with Gasteiger partial charge in [-0.2, -0.15) is 0 Å². The largest absolute Gasteiger partial charge is 0.497 e. The first-order valence-corrected chi connectivity index (χ1v) is 15.7. The smallest absolute Gasteiger partial charge is 0.170 e. The van der Waals surface area contributed by atoms with Crippen molar-refractivity contribution in [1.29, 1.82) is 0 Å². The lowest BCUT2D eigenvalue weighted by Gasteiger charge is -2.39. The van der Waals surface area contributed by atoms with E-state index < -0.39 is 13.1 Å². The van der Waals surface area contributed by atoms with Gasteiger partial charge in [0.25, 0.3) is 0 Å². The SMILES string of the molecule is COc1ccc(C(OC[C@H]2CN(P3OC(C)C(C)S3)CCO2)(c2ccccc2)c2ccc(OC)cc2)cc1. The summed E-state index contributed by atoms with van der Waals surface area (Å²) < 4.78 is 32.9. The molecule has 2 heterocycles. The van der Waals surface area contributed by atoms with Gasteiger partial charge < -0.3 is 23.5 Å². The minimum absolute atomic E-state index is 0.0683. The fourth-order valence-corrected chi connectivity index (χ4v) is 9.57. The van der Waals surface area contributed by atoms with E-state index in [0.717, 1.165) is 41.3 Å². The molecule has 0 saturated carbocycles. The van der Waals surface area contributed by atoms with Gasteiger partial charge in [-0.3, -0.25) is 0 Å². The summed E-state index contributed by atoms with van der Waals surface area (Å²) in [4.78, 5) is 0. The highest BCUT2D eigenvalue weighted by molar-refractivity contribution is 8.54. The zero-order valence-electron chi connectivity index (χ0n) is 22.4. The molecule has 3 unspecified atom stereocenters. The van der Waals surface area contributed by atoms with Gasteiger partial charge in [-0.25, -0.2) is 4.67 Å². The van der Waals surface area contributed by atoms with Crippen molar-refractivity contribution in [3.05, 3.63) is 95.6 Å². The average molecular weight is 554 g/mol.